The molecule has 0 radical (unpaired) electrons. The van der Waals surface area contributed by atoms with E-state index >= 15 is 0 Å². The van der Waals surface area contributed by atoms with Gasteiger partial charge in [-0.3, -0.25) is 0 Å². The van der Waals surface area contributed by atoms with Gasteiger partial charge in [-0.05, 0) is 32.1 Å². The average molecular weight is 206 g/mol. The molecular weight excluding hydrogens is 188 g/mol. The lowest BCUT2D eigenvalue weighted by molar-refractivity contribution is 0.179. The van der Waals surface area contributed by atoms with Gasteiger partial charge in [-0.2, -0.15) is 5.10 Å². The van der Waals surface area contributed by atoms with Crippen molar-refractivity contribution in [3.05, 3.63) is 11.4 Å². The molecule has 1 N–H and O–H groups in total. The molecule has 82 valence electrons. The first-order chi connectivity index (χ1) is 7.09. The lowest BCUT2D eigenvalue weighted by Crippen LogP contribution is -2.33. The largest absolute Gasteiger partial charge is 0.352 e. The van der Waals surface area contributed by atoms with E-state index in [-0.39, 0.29) is 0 Å². The van der Waals surface area contributed by atoms with E-state index < -0.39 is 0 Å². The van der Waals surface area contributed by atoms with Crippen molar-refractivity contribution in [2.75, 3.05) is 11.9 Å². The second-order valence-electron chi connectivity index (χ2n) is 4.82. The molecule has 1 fully saturated rings. The average Bonchev–Trinajstić information content (AvgIpc) is 2.17. The first-order valence-electron chi connectivity index (χ1n) is 5.51. The SMILES string of the molecule is Cc1nnc(NCC2(C)CCC2)nc1C. The molecule has 1 aliphatic carbocycles. The third-order valence-electron chi connectivity index (χ3n) is 3.33. The summed E-state index contributed by atoms with van der Waals surface area (Å²) in [6.45, 7) is 7.14. The van der Waals surface area contributed by atoms with E-state index in [0.29, 0.717) is 11.4 Å². The maximum Gasteiger partial charge on any atom is 0.242 e. The smallest absolute Gasteiger partial charge is 0.242 e. The molecule has 0 atom stereocenters. The van der Waals surface area contributed by atoms with Crippen LogP contribution in [0.1, 0.15) is 37.6 Å². The second-order valence-corrected chi connectivity index (χ2v) is 4.82. The predicted octanol–water partition coefficient (Wildman–Crippen LogP) is 2.09. The number of hydrogen-bond donors (Lipinski definition) is 1. The van der Waals surface area contributed by atoms with Crippen LogP contribution < -0.4 is 5.32 Å². The van der Waals surface area contributed by atoms with Gasteiger partial charge in [-0.15, -0.1) is 5.10 Å². The Kier molecular flexibility index (Phi) is 2.59. The van der Waals surface area contributed by atoms with E-state index in [1.165, 1.54) is 19.3 Å². The Bertz CT molecular complexity index is 358. The zero-order valence-corrected chi connectivity index (χ0v) is 9.67. The molecule has 0 aromatic carbocycles. The van der Waals surface area contributed by atoms with E-state index in [1.807, 2.05) is 13.8 Å². The van der Waals surface area contributed by atoms with Crippen molar-refractivity contribution in [3.8, 4) is 0 Å². The highest BCUT2D eigenvalue weighted by atomic mass is 15.2. The molecule has 4 nitrogen and oxygen atoms in total. The molecule has 0 amide bonds. The quantitative estimate of drug-likeness (QED) is 0.822. The summed E-state index contributed by atoms with van der Waals surface area (Å²) in [6.07, 6.45) is 3.96. The molecule has 15 heavy (non-hydrogen) atoms. The summed E-state index contributed by atoms with van der Waals surface area (Å²) in [4.78, 5) is 4.35. The van der Waals surface area contributed by atoms with Gasteiger partial charge >= 0.3 is 0 Å². The Morgan fingerprint density at radius 3 is 2.47 bits per heavy atom. The maximum atomic E-state index is 4.35. The first kappa shape index (κ1) is 10.3. The van der Waals surface area contributed by atoms with Crippen LogP contribution in [0.3, 0.4) is 0 Å². The fourth-order valence-electron chi connectivity index (χ4n) is 1.78. The Labute approximate surface area is 90.5 Å². The molecule has 4 heteroatoms. The summed E-state index contributed by atoms with van der Waals surface area (Å²) < 4.78 is 0. The molecule has 0 spiro atoms. The number of aryl methyl sites for hydroxylation is 2. The molecule has 1 aromatic rings. The standard InChI is InChI=1S/C11H18N4/c1-8-9(2)14-15-10(13-8)12-7-11(3)5-4-6-11/h4-7H2,1-3H3,(H,12,13,15). The summed E-state index contributed by atoms with van der Waals surface area (Å²) in [5, 5.41) is 11.3. The fraction of sp³-hybridized carbons (Fsp3) is 0.727. The number of nitrogens with one attached hydrogen (secondary N) is 1. The molecule has 1 saturated carbocycles. The van der Waals surface area contributed by atoms with Gasteiger partial charge in [0, 0.05) is 6.54 Å². The summed E-state index contributed by atoms with van der Waals surface area (Å²) in [5.41, 5.74) is 2.30. The minimum atomic E-state index is 0.447. The number of anilines is 1. The van der Waals surface area contributed by atoms with Crippen molar-refractivity contribution in [3.63, 3.8) is 0 Å². The summed E-state index contributed by atoms with van der Waals surface area (Å²) >= 11 is 0. The van der Waals surface area contributed by atoms with Gasteiger partial charge in [0.1, 0.15) is 0 Å². The van der Waals surface area contributed by atoms with Crippen molar-refractivity contribution >= 4 is 5.95 Å². The number of rotatable bonds is 3. The zero-order chi connectivity index (χ0) is 10.9. The third-order valence-corrected chi connectivity index (χ3v) is 3.33. The predicted molar refractivity (Wildman–Crippen MR) is 59.7 cm³/mol. The van der Waals surface area contributed by atoms with E-state index in [9.17, 15) is 0 Å². The molecule has 0 saturated heterocycles. The van der Waals surface area contributed by atoms with Crippen LogP contribution >= 0.6 is 0 Å². The van der Waals surface area contributed by atoms with Gasteiger partial charge in [0.05, 0.1) is 11.4 Å². The fourth-order valence-corrected chi connectivity index (χ4v) is 1.78. The van der Waals surface area contributed by atoms with Crippen molar-refractivity contribution in [1.29, 1.82) is 0 Å². The zero-order valence-electron chi connectivity index (χ0n) is 9.67. The number of nitrogens with zero attached hydrogens (tertiary/aromatic N) is 3. The molecular formula is C11H18N4. The Hall–Kier alpha value is -1.19. The van der Waals surface area contributed by atoms with Gasteiger partial charge in [-0.1, -0.05) is 13.3 Å². The van der Waals surface area contributed by atoms with E-state index in [4.69, 9.17) is 0 Å². The van der Waals surface area contributed by atoms with Gasteiger partial charge in [0.25, 0.3) is 0 Å². The molecule has 2 rings (SSSR count). The molecule has 1 aromatic heterocycles. The first-order valence-corrected chi connectivity index (χ1v) is 5.51. The highest BCUT2D eigenvalue weighted by Gasteiger charge is 2.31. The molecule has 0 unspecified atom stereocenters. The van der Waals surface area contributed by atoms with Crippen LogP contribution in [0.25, 0.3) is 0 Å². The monoisotopic (exact) mass is 206 g/mol. The second kappa shape index (κ2) is 3.76. The molecule has 0 bridgehead atoms. The maximum absolute atomic E-state index is 4.35. The van der Waals surface area contributed by atoms with Gasteiger partial charge in [-0.25, -0.2) is 4.98 Å². The normalized spacial score (nSPS) is 18.3. The van der Waals surface area contributed by atoms with Crippen molar-refractivity contribution in [2.24, 2.45) is 5.41 Å². The van der Waals surface area contributed by atoms with Crippen molar-refractivity contribution < 1.29 is 0 Å². The molecule has 1 aliphatic rings. The van der Waals surface area contributed by atoms with Crippen molar-refractivity contribution in [1.82, 2.24) is 15.2 Å². The highest BCUT2D eigenvalue weighted by Crippen LogP contribution is 2.39. The summed E-state index contributed by atoms with van der Waals surface area (Å²) in [7, 11) is 0. The Morgan fingerprint density at radius 2 is 1.93 bits per heavy atom. The summed E-state index contributed by atoms with van der Waals surface area (Å²) in [5.74, 6) is 0.659. The van der Waals surface area contributed by atoms with Gasteiger partial charge in [0.15, 0.2) is 0 Å². The molecule has 1 heterocycles. The van der Waals surface area contributed by atoms with Crippen molar-refractivity contribution in [2.45, 2.75) is 40.0 Å². The number of hydrogen-bond acceptors (Lipinski definition) is 4. The topological polar surface area (TPSA) is 50.7 Å². The lowest BCUT2D eigenvalue weighted by atomic mass is 9.70. The van der Waals surface area contributed by atoms with Crippen LogP contribution in [0.5, 0.6) is 0 Å². The van der Waals surface area contributed by atoms with Crippen LogP contribution in [0.2, 0.25) is 0 Å². The van der Waals surface area contributed by atoms with Gasteiger partial charge < -0.3 is 5.32 Å². The highest BCUT2D eigenvalue weighted by molar-refractivity contribution is 5.25. The van der Waals surface area contributed by atoms with Crippen LogP contribution in [0.15, 0.2) is 0 Å². The van der Waals surface area contributed by atoms with E-state index in [2.05, 4.69) is 27.4 Å². The van der Waals surface area contributed by atoms with E-state index in [1.54, 1.807) is 0 Å². The van der Waals surface area contributed by atoms with Crippen LogP contribution in [-0.2, 0) is 0 Å². The minimum Gasteiger partial charge on any atom is -0.352 e. The van der Waals surface area contributed by atoms with Gasteiger partial charge in [0.2, 0.25) is 5.95 Å². The third kappa shape index (κ3) is 2.25. The lowest BCUT2D eigenvalue weighted by Gasteiger charge is -2.38. The van der Waals surface area contributed by atoms with Crippen LogP contribution in [0, 0.1) is 19.3 Å². The Morgan fingerprint density at radius 1 is 1.20 bits per heavy atom. The Balaban J connectivity index is 1.96. The minimum absolute atomic E-state index is 0.447. The summed E-state index contributed by atoms with van der Waals surface area (Å²) in [6, 6.07) is 0. The van der Waals surface area contributed by atoms with Crippen LogP contribution in [-0.4, -0.2) is 21.7 Å². The van der Waals surface area contributed by atoms with Crippen LogP contribution in [0.4, 0.5) is 5.95 Å². The van der Waals surface area contributed by atoms with E-state index in [0.717, 1.165) is 17.9 Å². The molecule has 0 aliphatic heterocycles. The number of aromatic nitrogens is 3.